The van der Waals surface area contributed by atoms with Crippen LogP contribution in [-0.4, -0.2) is 47.9 Å². The van der Waals surface area contributed by atoms with Gasteiger partial charge in [0.25, 0.3) is 0 Å². The van der Waals surface area contributed by atoms with Crippen LogP contribution in [0.4, 0.5) is 0 Å². The van der Waals surface area contributed by atoms with Crippen molar-refractivity contribution in [2.24, 2.45) is 0 Å². The van der Waals surface area contributed by atoms with E-state index < -0.39 is 0 Å². The lowest BCUT2D eigenvalue weighted by molar-refractivity contribution is 0.00167. The van der Waals surface area contributed by atoms with Gasteiger partial charge in [-0.3, -0.25) is 4.90 Å². The van der Waals surface area contributed by atoms with E-state index in [9.17, 15) is 5.11 Å². The van der Waals surface area contributed by atoms with Crippen LogP contribution in [0.25, 0.3) is 0 Å². The van der Waals surface area contributed by atoms with Crippen molar-refractivity contribution in [3.63, 3.8) is 0 Å². The van der Waals surface area contributed by atoms with E-state index in [-0.39, 0.29) is 12.6 Å². The molecule has 0 aliphatic carbocycles. The van der Waals surface area contributed by atoms with E-state index in [4.69, 9.17) is 4.74 Å². The van der Waals surface area contributed by atoms with E-state index in [0.29, 0.717) is 0 Å². The van der Waals surface area contributed by atoms with Gasteiger partial charge in [0.15, 0.2) is 0 Å². The summed E-state index contributed by atoms with van der Waals surface area (Å²) in [6.45, 7) is 3.46. The molecule has 1 fully saturated rings. The molecule has 78 valence electrons. The SMILES string of the molecule is OCC(c1ccc[nH]1)N1CCOCC1. The van der Waals surface area contributed by atoms with E-state index in [1.165, 1.54) is 0 Å². The maximum absolute atomic E-state index is 9.35. The Bertz CT molecular complexity index is 255. The largest absolute Gasteiger partial charge is 0.394 e. The number of nitrogens with one attached hydrogen (secondary N) is 1. The average molecular weight is 196 g/mol. The van der Waals surface area contributed by atoms with Crippen LogP contribution in [0.1, 0.15) is 11.7 Å². The van der Waals surface area contributed by atoms with Crippen LogP contribution in [0.3, 0.4) is 0 Å². The van der Waals surface area contributed by atoms with E-state index in [0.717, 1.165) is 32.0 Å². The predicted molar refractivity (Wildman–Crippen MR) is 53.0 cm³/mol. The van der Waals surface area contributed by atoms with Crippen molar-refractivity contribution in [2.45, 2.75) is 6.04 Å². The zero-order chi connectivity index (χ0) is 9.80. The van der Waals surface area contributed by atoms with Crippen molar-refractivity contribution in [3.8, 4) is 0 Å². The fourth-order valence-corrected chi connectivity index (χ4v) is 1.85. The molecule has 0 amide bonds. The molecule has 0 bridgehead atoms. The molecule has 0 radical (unpaired) electrons. The van der Waals surface area contributed by atoms with Crippen molar-refractivity contribution in [2.75, 3.05) is 32.9 Å². The van der Waals surface area contributed by atoms with Crippen LogP contribution in [0.15, 0.2) is 18.3 Å². The minimum absolute atomic E-state index is 0.0916. The standard InChI is InChI=1S/C10H16N2O2/c13-8-10(9-2-1-3-11-9)12-4-6-14-7-5-12/h1-3,10-11,13H,4-8H2. The Morgan fingerprint density at radius 2 is 2.29 bits per heavy atom. The summed E-state index contributed by atoms with van der Waals surface area (Å²) in [5.41, 5.74) is 1.08. The van der Waals surface area contributed by atoms with Gasteiger partial charge in [-0.05, 0) is 12.1 Å². The molecule has 4 heteroatoms. The Hall–Kier alpha value is -0.840. The molecule has 0 saturated carbocycles. The fraction of sp³-hybridized carbons (Fsp3) is 0.600. The first kappa shape index (κ1) is 9.71. The third kappa shape index (κ3) is 1.97. The minimum atomic E-state index is 0.0916. The summed E-state index contributed by atoms with van der Waals surface area (Å²) < 4.78 is 5.28. The van der Waals surface area contributed by atoms with Gasteiger partial charge in [0, 0.05) is 25.0 Å². The number of aliphatic hydroxyl groups excluding tert-OH is 1. The summed E-state index contributed by atoms with van der Waals surface area (Å²) in [5, 5.41) is 9.35. The molecule has 1 aromatic heterocycles. The molecule has 2 N–H and O–H groups in total. The first-order chi connectivity index (χ1) is 6.92. The quantitative estimate of drug-likeness (QED) is 0.734. The third-order valence-electron chi connectivity index (χ3n) is 2.64. The van der Waals surface area contributed by atoms with Crippen molar-refractivity contribution in [3.05, 3.63) is 24.0 Å². The number of rotatable bonds is 3. The molecule has 1 saturated heterocycles. The monoisotopic (exact) mass is 196 g/mol. The minimum Gasteiger partial charge on any atom is -0.394 e. The van der Waals surface area contributed by atoms with Gasteiger partial charge in [0.2, 0.25) is 0 Å². The Labute approximate surface area is 83.5 Å². The number of aromatic amines is 1. The molecule has 14 heavy (non-hydrogen) atoms. The zero-order valence-electron chi connectivity index (χ0n) is 8.15. The van der Waals surface area contributed by atoms with Gasteiger partial charge < -0.3 is 14.8 Å². The second-order valence-electron chi connectivity index (χ2n) is 3.47. The summed E-state index contributed by atoms with van der Waals surface area (Å²) >= 11 is 0. The summed E-state index contributed by atoms with van der Waals surface area (Å²) in [4.78, 5) is 5.39. The highest BCUT2D eigenvalue weighted by molar-refractivity contribution is 5.09. The van der Waals surface area contributed by atoms with E-state index in [2.05, 4.69) is 9.88 Å². The van der Waals surface area contributed by atoms with E-state index >= 15 is 0 Å². The van der Waals surface area contributed by atoms with Gasteiger partial charge in [0.05, 0.1) is 25.9 Å². The van der Waals surface area contributed by atoms with Gasteiger partial charge in [-0.25, -0.2) is 0 Å². The molecule has 4 nitrogen and oxygen atoms in total. The van der Waals surface area contributed by atoms with E-state index in [1.54, 1.807) is 0 Å². The Morgan fingerprint density at radius 1 is 1.50 bits per heavy atom. The number of aromatic nitrogens is 1. The summed E-state index contributed by atoms with van der Waals surface area (Å²) in [6, 6.07) is 4.06. The molecule has 1 atom stereocenters. The number of nitrogens with zero attached hydrogens (tertiary/aromatic N) is 1. The maximum Gasteiger partial charge on any atom is 0.0734 e. The first-order valence-corrected chi connectivity index (χ1v) is 4.98. The van der Waals surface area contributed by atoms with Gasteiger partial charge in [0.1, 0.15) is 0 Å². The topological polar surface area (TPSA) is 48.5 Å². The second-order valence-corrected chi connectivity index (χ2v) is 3.47. The Morgan fingerprint density at radius 3 is 2.86 bits per heavy atom. The summed E-state index contributed by atoms with van der Waals surface area (Å²) in [7, 11) is 0. The normalized spacial score (nSPS) is 20.9. The van der Waals surface area contributed by atoms with Crippen molar-refractivity contribution >= 4 is 0 Å². The lowest BCUT2D eigenvalue weighted by Gasteiger charge is -2.32. The average Bonchev–Trinajstić information content (AvgIpc) is 2.74. The Balaban J connectivity index is 2.04. The molecule has 1 aliphatic heterocycles. The lowest BCUT2D eigenvalue weighted by atomic mass is 10.2. The molecular weight excluding hydrogens is 180 g/mol. The highest BCUT2D eigenvalue weighted by Crippen LogP contribution is 2.19. The molecule has 1 aliphatic rings. The highest BCUT2D eigenvalue weighted by atomic mass is 16.5. The van der Waals surface area contributed by atoms with Crippen LogP contribution in [-0.2, 0) is 4.74 Å². The lowest BCUT2D eigenvalue weighted by Crippen LogP contribution is -2.40. The van der Waals surface area contributed by atoms with Crippen molar-refractivity contribution < 1.29 is 9.84 Å². The van der Waals surface area contributed by atoms with Gasteiger partial charge in [-0.1, -0.05) is 0 Å². The molecule has 1 aromatic rings. The third-order valence-corrected chi connectivity index (χ3v) is 2.64. The fourth-order valence-electron chi connectivity index (χ4n) is 1.85. The van der Waals surface area contributed by atoms with Gasteiger partial charge >= 0.3 is 0 Å². The number of hydrogen-bond acceptors (Lipinski definition) is 3. The number of morpholine rings is 1. The molecule has 2 heterocycles. The van der Waals surface area contributed by atoms with Crippen LogP contribution in [0.5, 0.6) is 0 Å². The number of hydrogen-bond donors (Lipinski definition) is 2. The maximum atomic E-state index is 9.35. The van der Waals surface area contributed by atoms with Crippen LogP contribution >= 0.6 is 0 Å². The highest BCUT2D eigenvalue weighted by Gasteiger charge is 2.22. The van der Waals surface area contributed by atoms with Crippen molar-refractivity contribution in [1.29, 1.82) is 0 Å². The smallest absolute Gasteiger partial charge is 0.0734 e. The van der Waals surface area contributed by atoms with Crippen molar-refractivity contribution in [1.82, 2.24) is 9.88 Å². The first-order valence-electron chi connectivity index (χ1n) is 4.98. The Kier molecular flexibility index (Phi) is 3.18. The summed E-state index contributed by atoms with van der Waals surface area (Å²) in [6.07, 6.45) is 1.89. The number of H-pyrrole nitrogens is 1. The second kappa shape index (κ2) is 4.59. The molecular formula is C10H16N2O2. The van der Waals surface area contributed by atoms with Crippen LogP contribution in [0, 0.1) is 0 Å². The van der Waals surface area contributed by atoms with E-state index in [1.807, 2.05) is 18.3 Å². The summed E-state index contributed by atoms with van der Waals surface area (Å²) in [5.74, 6) is 0. The van der Waals surface area contributed by atoms with Gasteiger partial charge in [-0.2, -0.15) is 0 Å². The molecule has 0 spiro atoms. The molecule has 1 unspecified atom stereocenters. The van der Waals surface area contributed by atoms with Crippen LogP contribution in [0.2, 0.25) is 0 Å². The molecule has 2 rings (SSSR count). The van der Waals surface area contributed by atoms with Crippen LogP contribution < -0.4 is 0 Å². The zero-order valence-corrected chi connectivity index (χ0v) is 8.15. The van der Waals surface area contributed by atoms with Gasteiger partial charge in [-0.15, -0.1) is 0 Å². The molecule has 0 aromatic carbocycles. The number of ether oxygens (including phenoxy) is 1. The number of aliphatic hydroxyl groups is 1. The predicted octanol–water partition coefficient (Wildman–Crippen LogP) is 0.380.